The third-order valence-corrected chi connectivity index (χ3v) is 2.97. The first kappa shape index (κ1) is 16.5. The highest BCUT2D eigenvalue weighted by Gasteiger charge is 2.11. The summed E-state index contributed by atoms with van der Waals surface area (Å²) in [5.74, 6) is -0.0996. The molecule has 1 aromatic rings. The van der Waals surface area contributed by atoms with Crippen molar-refractivity contribution >= 4 is 27.8 Å². The minimum Gasteiger partial charge on any atom is -0.492 e. The van der Waals surface area contributed by atoms with Crippen molar-refractivity contribution in [3.05, 3.63) is 28.2 Å². The Kier molecular flexibility index (Phi) is 7.08. The number of halogens is 1. The van der Waals surface area contributed by atoms with Gasteiger partial charge in [-0.05, 0) is 47.5 Å². The van der Waals surface area contributed by atoms with Gasteiger partial charge in [0.05, 0.1) is 17.7 Å². The monoisotopic (exact) mass is 343 g/mol. The van der Waals surface area contributed by atoms with E-state index in [1.807, 2.05) is 6.92 Å². The molecule has 0 unspecified atom stereocenters. The molecule has 6 heteroatoms. The van der Waals surface area contributed by atoms with Crippen LogP contribution in [0.4, 0.5) is 0 Å². The minimum absolute atomic E-state index is 0.140. The molecule has 0 heterocycles. The molecule has 0 aliphatic heterocycles. The first-order valence-corrected chi connectivity index (χ1v) is 7.24. The molecule has 0 radical (unpaired) electrons. The Morgan fingerprint density at radius 3 is 2.65 bits per heavy atom. The summed E-state index contributed by atoms with van der Waals surface area (Å²) in [5.41, 5.74) is 0.449. The van der Waals surface area contributed by atoms with E-state index in [1.165, 1.54) is 0 Å². The van der Waals surface area contributed by atoms with Crippen molar-refractivity contribution in [1.29, 1.82) is 0 Å². The third kappa shape index (κ3) is 5.21. The summed E-state index contributed by atoms with van der Waals surface area (Å²) in [6.45, 7) is 4.51. The second kappa shape index (κ2) is 8.58. The Morgan fingerprint density at radius 1 is 1.30 bits per heavy atom. The van der Waals surface area contributed by atoms with E-state index in [-0.39, 0.29) is 12.5 Å². The van der Waals surface area contributed by atoms with Gasteiger partial charge < -0.3 is 14.8 Å². The fourth-order valence-electron chi connectivity index (χ4n) is 1.44. The summed E-state index contributed by atoms with van der Waals surface area (Å²) >= 11 is 3.35. The summed E-state index contributed by atoms with van der Waals surface area (Å²) in [6, 6.07) is 5.03. The van der Waals surface area contributed by atoms with Gasteiger partial charge in [0, 0.05) is 5.56 Å². The molecule has 0 saturated carbocycles. The number of carbonyl (C=O) groups excluding carboxylic acids is 2. The quantitative estimate of drug-likeness (QED) is 0.772. The molecule has 20 heavy (non-hydrogen) atoms. The average Bonchev–Trinajstić information content (AvgIpc) is 2.43. The van der Waals surface area contributed by atoms with Crippen LogP contribution in [0.15, 0.2) is 22.7 Å². The molecule has 1 aromatic carbocycles. The Hall–Kier alpha value is -1.56. The van der Waals surface area contributed by atoms with Crippen molar-refractivity contribution in [2.45, 2.75) is 20.3 Å². The van der Waals surface area contributed by atoms with Gasteiger partial charge in [-0.1, -0.05) is 6.92 Å². The van der Waals surface area contributed by atoms with Crippen LogP contribution < -0.4 is 10.1 Å². The van der Waals surface area contributed by atoms with Crippen molar-refractivity contribution in [2.75, 3.05) is 19.8 Å². The van der Waals surface area contributed by atoms with Crippen molar-refractivity contribution < 1.29 is 19.1 Å². The van der Waals surface area contributed by atoms with Crippen molar-refractivity contribution in [1.82, 2.24) is 5.32 Å². The number of esters is 1. The van der Waals surface area contributed by atoms with E-state index >= 15 is 0 Å². The van der Waals surface area contributed by atoms with E-state index in [0.29, 0.717) is 29.0 Å². The van der Waals surface area contributed by atoms with Crippen LogP contribution in [-0.4, -0.2) is 31.6 Å². The maximum atomic E-state index is 11.9. The van der Waals surface area contributed by atoms with Gasteiger partial charge in [0.15, 0.2) is 0 Å². The molecular formula is C14H18BrNO4. The Morgan fingerprint density at radius 2 is 2.05 bits per heavy atom. The number of ether oxygens (including phenoxy) is 2. The standard InChI is InChI=1S/C14H18BrNO4/c1-3-7-20-12-6-5-10(8-11(12)15)14(18)16-9-13(17)19-4-2/h5-6,8H,3-4,7,9H2,1-2H3,(H,16,18). The van der Waals surface area contributed by atoms with E-state index in [0.717, 1.165) is 6.42 Å². The lowest BCUT2D eigenvalue weighted by molar-refractivity contribution is -0.141. The molecule has 1 amide bonds. The predicted octanol–water partition coefficient (Wildman–Crippen LogP) is 2.53. The average molecular weight is 344 g/mol. The maximum absolute atomic E-state index is 11.9. The Balaban J connectivity index is 2.60. The molecule has 0 aliphatic carbocycles. The number of nitrogens with one attached hydrogen (secondary N) is 1. The first-order valence-electron chi connectivity index (χ1n) is 6.44. The second-order valence-corrected chi connectivity index (χ2v) is 4.84. The summed E-state index contributed by atoms with van der Waals surface area (Å²) < 4.78 is 10.9. The lowest BCUT2D eigenvalue weighted by atomic mass is 10.2. The van der Waals surface area contributed by atoms with E-state index in [4.69, 9.17) is 9.47 Å². The minimum atomic E-state index is -0.456. The molecule has 1 N–H and O–H groups in total. The molecule has 0 aliphatic rings. The Bertz CT molecular complexity index is 476. The van der Waals surface area contributed by atoms with Crippen LogP contribution in [0.1, 0.15) is 30.6 Å². The lowest BCUT2D eigenvalue weighted by Gasteiger charge is -2.09. The van der Waals surface area contributed by atoms with Crippen molar-refractivity contribution in [2.24, 2.45) is 0 Å². The highest BCUT2D eigenvalue weighted by atomic mass is 79.9. The molecule has 110 valence electrons. The molecule has 0 spiro atoms. The summed E-state index contributed by atoms with van der Waals surface area (Å²) in [6.07, 6.45) is 0.911. The number of hydrogen-bond donors (Lipinski definition) is 1. The van der Waals surface area contributed by atoms with Crippen LogP contribution >= 0.6 is 15.9 Å². The van der Waals surface area contributed by atoms with E-state index < -0.39 is 5.97 Å². The SMILES string of the molecule is CCCOc1ccc(C(=O)NCC(=O)OCC)cc1Br. The lowest BCUT2D eigenvalue weighted by Crippen LogP contribution is -2.30. The molecule has 0 atom stereocenters. The van der Waals surface area contributed by atoms with E-state index in [2.05, 4.69) is 21.2 Å². The van der Waals surface area contributed by atoms with Gasteiger partial charge in [0.2, 0.25) is 0 Å². The van der Waals surface area contributed by atoms with Crippen molar-refractivity contribution in [3.63, 3.8) is 0 Å². The first-order chi connectivity index (χ1) is 9.58. The normalized spacial score (nSPS) is 9.95. The van der Waals surface area contributed by atoms with Crippen LogP contribution in [-0.2, 0) is 9.53 Å². The largest absolute Gasteiger partial charge is 0.492 e. The fraction of sp³-hybridized carbons (Fsp3) is 0.429. The fourth-order valence-corrected chi connectivity index (χ4v) is 1.93. The topological polar surface area (TPSA) is 64.6 Å². The Labute approximate surface area is 126 Å². The molecule has 0 aromatic heterocycles. The number of benzene rings is 1. The van der Waals surface area contributed by atoms with Crippen LogP contribution in [0.5, 0.6) is 5.75 Å². The molecule has 1 rings (SSSR count). The van der Waals surface area contributed by atoms with Crippen LogP contribution in [0.25, 0.3) is 0 Å². The third-order valence-electron chi connectivity index (χ3n) is 2.35. The maximum Gasteiger partial charge on any atom is 0.325 e. The van der Waals surface area contributed by atoms with Gasteiger partial charge in [-0.2, -0.15) is 0 Å². The van der Waals surface area contributed by atoms with Crippen LogP contribution in [0.3, 0.4) is 0 Å². The van der Waals surface area contributed by atoms with Crippen LogP contribution in [0.2, 0.25) is 0 Å². The second-order valence-electron chi connectivity index (χ2n) is 3.98. The zero-order valence-electron chi connectivity index (χ0n) is 11.6. The van der Waals surface area contributed by atoms with E-state index in [9.17, 15) is 9.59 Å². The number of hydrogen-bond acceptors (Lipinski definition) is 4. The van der Waals surface area contributed by atoms with Gasteiger partial charge in [0.1, 0.15) is 12.3 Å². The predicted molar refractivity (Wildman–Crippen MR) is 78.9 cm³/mol. The van der Waals surface area contributed by atoms with Gasteiger partial charge >= 0.3 is 5.97 Å². The molecule has 0 bridgehead atoms. The highest BCUT2D eigenvalue weighted by molar-refractivity contribution is 9.10. The molecule has 0 saturated heterocycles. The number of amides is 1. The number of carbonyl (C=O) groups is 2. The van der Waals surface area contributed by atoms with Gasteiger partial charge in [-0.3, -0.25) is 9.59 Å². The summed E-state index contributed by atoms with van der Waals surface area (Å²) in [5, 5.41) is 2.50. The molecule has 0 fully saturated rings. The number of rotatable bonds is 7. The summed E-state index contributed by atoms with van der Waals surface area (Å²) in [4.78, 5) is 23.0. The van der Waals surface area contributed by atoms with Crippen LogP contribution in [0, 0.1) is 0 Å². The molecular weight excluding hydrogens is 326 g/mol. The summed E-state index contributed by atoms with van der Waals surface area (Å²) in [7, 11) is 0. The van der Waals surface area contributed by atoms with Gasteiger partial charge in [0.25, 0.3) is 5.91 Å². The molecule has 5 nitrogen and oxygen atoms in total. The van der Waals surface area contributed by atoms with E-state index in [1.54, 1.807) is 25.1 Å². The van der Waals surface area contributed by atoms with Crippen molar-refractivity contribution in [3.8, 4) is 5.75 Å². The highest BCUT2D eigenvalue weighted by Crippen LogP contribution is 2.26. The zero-order chi connectivity index (χ0) is 15.0. The smallest absolute Gasteiger partial charge is 0.325 e. The van der Waals surface area contributed by atoms with Gasteiger partial charge in [-0.15, -0.1) is 0 Å². The zero-order valence-corrected chi connectivity index (χ0v) is 13.2. The van der Waals surface area contributed by atoms with Gasteiger partial charge in [-0.25, -0.2) is 0 Å².